The molecule has 53 heavy (non-hydrogen) atoms. The first kappa shape index (κ1) is 51.6. The largest absolute Gasteiger partial charge is 0.587 e. The maximum atomic E-state index is 12.4. The Balaban J connectivity index is 0.00000115. The summed E-state index contributed by atoms with van der Waals surface area (Å²) in [5, 5.41) is 0.784. The average Bonchev–Trinajstić information content (AvgIpc) is 2.83. The van der Waals surface area contributed by atoms with Crippen LogP contribution >= 0.6 is 11.6 Å². The molecule has 1 rings (SSSR count). The second kappa shape index (κ2) is 17.0. The Labute approximate surface area is 302 Å². The fraction of sp³-hybridized carbons (Fsp3) is 0.650. The van der Waals surface area contributed by atoms with Crippen molar-refractivity contribution in [1.29, 1.82) is 0 Å². The third-order valence-electron chi connectivity index (χ3n) is 4.99. The smallest absolute Gasteiger partial charge is 0.406 e. The van der Waals surface area contributed by atoms with Crippen molar-refractivity contribution in [2.24, 2.45) is 0 Å². The van der Waals surface area contributed by atoms with E-state index < -0.39 is 85.9 Å². The lowest BCUT2D eigenvalue weighted by molar-refractivity contribution is -0.0651. The molecule has 0 heterocycles. The van der Waals surface area contributed by atoms with E-state index in [1.54, 1.807) is 0 Å². The molecule has 312 valence electrons. The first-order valence-corrected chi connectivity index (χ1v) is 26.5. The van der Waals surface area contributed by atoms with E-state index in [0.717, 1.165) is 11.4 Å². The number of hydrogen-bond donors (Lipinski definition) is 0. The number of hydrogen-bond acceptors (Lipinski definition) is 13. The second-order valence-electron chi connectivity index (χ2n) is 12.1. The minimum atomic E-state index is -8.05. The van der Waals surface area contributed by atoms with E-state index in [0.29, 0.717) is 0 Å². The van der Waals surface area contributed by atoms with Crippen LogP contribution in [0.3, 0.4) is 0 Å². The molecule has 0 aliphatic carbocycles. The minimum absolute atomic E-state index is 0.176. The zero-order valence-corrected chi connectivity index (χ0v) is 33.3. The van der Waals surface area contributed by atoms with Crippen LogP contribution in [0.4, 0.5) is 52.7 Å². The Bertz CT molecular complexity index is 1640. The number of halogens is 13. The van der Waals surface area contributed by atoms with Crippen LogP contribution in [0.5, 0.6) is 0 Å². The van der Waals surface area contributed by atoms with Gasteiger partial charge in [0.1, 0.15) is 12.5 Å². The molecule has 0 radical (unpaired) electrons. The van der Waals surface area contributed by atoms with Crippen molar-refractivity contribution in [3.63, 3.8) is 0 Å². The van der Waals surface area contributed by atoms with Gasteiger partial charge in [-0.2, -0.15) is 86.4 Å². The number of benzene rings is 1. The summed E-state index contributed by atoms with van der Waals surface area (Å²) in [6.07, 6.45) is 3.59. The lowest BCUT2D eigenvalue weighted by Gasteiger charge is -2.37. The Morgan fingerprint density at radius 2 is 0.887 bits per heavy atom. The fourth-order valence-electron chi connectivity index (χ4n) is 2.96. The highest BCUT2D eigenvalue weighted by atomic mass is 35.5. The molecule has 0 fully saturated rings. The molecular formula is C20H28BClF12O13S4Si2. The first-order chi connectivity index (χ1) is 22.9. The van der Waals surface area contributed by atoms with E-state index in [1.165, 1.54) is 11.6 Å². The topological polar surface area (TPSA) is 183 Å². The molecule has 1 unspecified atom stereocenters. The molecule has 33 heteroatoms. The molecule has 0 aliphatic rings. The number of alkyl halides is 12. The predicted molar refractivity (Wildman–Crippen MR) is 166 cm³/mol. The van der Waals surface area contributed by atoms with Crippen molar-refractivity contribution in [1.82, 2.24) is 0 Å². The van der Waals surface area contributed by atoms with E-state index in [1.807, 2.05) is 12.1 Å². The van der Waals surface area contributed by atoms with Gasteiger partial charge in [0, 0.05) is 5.02 Å². The highest BCUT2D eigenvalue weighted by Crippen LogP contribution is 2.39. The molecular weight excluding hydrogens is 907 g/mol. The van der Waals surface area contributed by atoms with Gasteiger partial charge in [-0.05, 0) is 37.3 Å². The summed E-state index contributed by atoms with van der Waals surface area (Å²) >= 11 is 5.98. The van der Waals surface area contributed by atoms with Crippen LogP contribution in [0.2, 0.25) is 50.3 Å². The van der Waals surface area contributed by atoms with Crippen LogP contribution in [0.25, 0.3) is 0 Å². The summed E-state index contributed by atoms with van der Waals surface area (Å²) < 4.78 is 251. The molecule has 1 atom stereocenters. The number of rotatable bonds is 15. The van der Waals surface area contributed by atoms with Crippen molar-refractivity contribution < 1.29 is 107 Å². The Hall–Kier alpha value is -1.36. The van der Waals surface area contributed by atoms with E-state index in [4.69, 9.17) is 16.0 Å². The zero-order chi connectivity index (χ0) is 42.7. The predicted octanol–water partition coefficient (Wildman–Crippen LogP) is 7.05. The molecule has 0 saturated carbocycles. The maximum Gasteiger partial charge on any atom is 0.587 e. The molecule has 1 aromatic carbocycles. The summed E-state index contributed by atoms with van der Waals surface area (Å²) in [4.78, 5) is 0. The molecule has 0 bridgehead atoms. The molecule has 0 N–H and O–H groups in total. The van der Waals surface area contributed by atoms with Crippen LogP contribution < -0.4 is 0 Å². The van der Waals surface area contributed by atoms with Gasteiger partial charge in [-0.25, -0.2) is 0 Å². The normalized spacial score (nSPS) is 15.4. The van der Waals surface area contributed by atoms with Gasteiger partial charge in [-0.15, -0.1) is 0 Å². The van der Waals surface area contributed by atoms with Gasteiger partial charge in [0.05, 0.1) is 20.5 Å². The zero-order valence-electron chi connectivity index (χ0n) is 27.3. The first-order valence-electron chi connectivity index (χ1n) is 13.3. The average molecular weight is 935 g/mol. The van der Waals surface area contributed by atoms with Gasteiger partial charge in [0.2, 0.25) is 0 Å². The molecule has 0 amide bonds. The summed E-state index contributed by atoms with van der Waals surface area (Å²) in [6, 6.07) is 9.34. The van der Waals surface area contributed by atoms with Crippen LogP contribution in [0.1, 0.15) is 18.1 Å². The Kier molecular flexibility index (Phi) is 16.6. The van der Waals surface area contributed by atoms with Gasteiger partial charge in [-0.1, -0.05) is 43.4 Å². The van der Waals surface area contributed by atoms with Crippen LogP contribution in [-0.4, -0.2) is 79.1 Å². The fourth-order valence-corrected chi connectivity index (χ4v) is 7.65. The standard InChI is InChI=1S/C16H28ClOSi2.C4BF12O12S4/c1-19(2,3)13-7-8-16(18-20(4,5)6)14-9-11-15(17)12-10-14;6-1(7,8)30(18,19)26-5(27-31(20,21)2(9,10)11,28-32(22,23)3(12,13)14)29-33(24,25)4(15,16)17/h7,9-12,16H,8,13H2,1-6H3;/q+1;-1. The van der Waals surface area contributed by atoms with Gasteiger partial charge < -0.3 is 20.8 Å². The third kappa shape index (κ3) is 16.7. The van der Waals surface area contributed by atoms with E-state index in [-0.39, 0.29) is 6.10 Å². The monoisotopic (exact) mass is 934 g/mol. The van der Waals surface area contributed by atoms with Gasteiger partial charge >= 0.3 is 69.5 Å². The molecule has 0 saturated heterocycles. The minimum Gasteiger partial charge on any atom is -0.406 e. The molecule has 0 spiro atoms. The summed E-state index contributed by atoms with van der Waals surface area (Å²) in [6.45, 7) is 6.06. The van der Waals surface area contributed by atoms with Gasteiger partial charge in [-0.3, -0.25) is 0 Å². The SMILES string of the molecule is C[Si](C)(C)C[CH+]CC(O[Si](C)(C)C)c1ccc(Cl)cc1.O=S(=O)(O[B-](OS(=O)(=O)C(F)(F)F)(OS(=O)(=O)C(F)(F)F)OS(=O)(=O)C(F)(F)F)C(F)(F)F. The summed E-state index contributed by atoms with van der Waals surface area (Å²) in [5.74, 6) is 0. The Morgan fingerprint density at radius 1 is 0.604 bits per heavy atom. The van der Waals surface area contributed by atoms with E-state index >= 15 is 0 Å². The van der Waals surface area contributed by atoms with Crippen molar-refractivity contribution in [3.05, 3.63) is 41.3 Å². The molecule has 0 aromatic heterocycles. The van der Waals surface area contributed by atoms with Gasteiger partial charge in [0.15, 0.2) is 8.32 Å². The van der Waals surface area contributed by atoms with Crippen molar-refractivity contribution in [2.75, 3.05) is 0 Å². The van der Waals surface area contributed by atoms with E-state index in [2.05, 4.69) is 74.2 Å². The highest BCUT2D eigenvalue weighted by Gasteiger charge is 2.64. The third-order valence-corrected chi connectivity index (χ3v) is 12.0. The van der Waals surface area contributed by atoms with Crippen LogP contribution in [0, 0.1) is 6.42 Å². The lowest BCUT2D eigenvalue weighted by atomic mass is 10.1. The van der Waals surface area contributed by atoms with Gasteiger partial charge in [0.25, 0.3) is 0 Å². The van der Waals surface area contributed by atoms with Crippen molar-refractivity contribution in [3.8, 4) is 0 Å². The van der Waals surface area contributed by atoms with Crippen LogP contribution in [0.15, 0.2) is 24.3 Å². The van der Waals surface area contributed by atoms with Crippen molar-refractivity contribution >= 4 is 75.4 Å². The molecule has 0 aliphatic heterocycles. The van der Waals surface area contributed by atoms with Crippen LogP contribution in [-0.2, 0) is 61.3 Å². The quantitative estimate of drug-likeness (QED) is 0.0756. The maximum absolute atomic E-state index is 12.4. The molecule has 1 aromatic rings. The van der Waals surface area contributed by atoms with E-state index in [9.17, 15) is 86.4 Å². The second-order valence-corrected chi connectivity index (χ2v) is 28.8. The highest BCUT2D eigenvalue weighted by molar-refractivity contribution is 7.93. The Morgan fingerprint density at radius 3 is 1.11 bits per heavy atom. The lowest BCUT2D eigenvalue weighted by Crippen LogP contribution is -2.59. The summed E-state index contributed by atoms with van der Waals surface area (Å²) in [5.41, 5.74) is -27.3. The molecule has 13 nitrogen and oxygen atoms in total. The summed E-state index contributed by atoms with van der Waals surface area (Å²) in [7, 11) is -34.8. The van der Waals surface area contributed by atoms with Crippen molar-refractivity contribution in [2.45, 2.75) is 79.9 Å².